The van der Waals surface area contributed by atoms with Crippen LogP contribution in [0.4, 0.5) is 15.8 Å². The molecule has 5 nitrogen and oxygen atoms in total. The number of rotatable bonds is 5. The Labute approximate surface area is 167 Å². The molecule has 0 aliphatic heterocycles. The van der Waals surface area contributed by atoms with Crippen molar-refractivity contribution in [3.05, 3.63) is 88.7 Å². The molecule has 0 saturated carbocycles. The first kappa shape index (κ1) is 19.9. The Hall–Kier alpha value is -2.90. The maximum atomic E-state index is 13.2. The average Bonchev–Trinajstić information content (AvgIpc) is 2.65. The van der Waals surface area contributed by atoms with E-state index in [1.54, 1.807) is 19.1 Å². The smallest absolute Gasteiger partial charge is 0.261 e. The molecule has 0 saturated heterocycles. The summed E-state index contributed by atoms with van der Waals surface area (Å²) in [5, 5.41) is 3.01. The van der Waals surface area contributed by atoms with Crippen molar-refractivity contribution >= 4 is 38.9 Å². The van der Waals surface area contributed by atoms with Gasteiger partial charge in [-0.05, 0) is 67.1 Å². The predicted octanol–water partition coefficient (Wildman–Crippen LogP) is 4.84. The van der Waals surface area contributed by atoms with Gasteiger partial charge in [0.1, 0.15) is 5.82 Å². The number of carbonyl (C=O) groups excluding carboxylic acids is 1. The standard InChI is InChI=1S/C20H16ClFN2O3S/c1-13-5-6-15(21)12-19(13)24-28(26,27)18-9-7-17(8-10-18)23-20(25)14-3-2-4-16(22)11-14/h2-12,24H,1H3,(H,23,25). The van der Waals surface area contributed by atoms with E-state index in [9.17, 15) is 17.6 Å². The molecule has 0 aromatic heterocycles. The van der Waals surface area contributed by atoms with Gasteiger partial charge in [-0.2, -0.15) is 0 Å². The van der Waals surface area contributed by atoms with Gasteiger partial charge in [-0.3, -0.25) is 9.52 Å². The van der Waals surface area contributed by atoms with Crippen molar-refractivity contribution in [3.8, 4) is 0 Å². The lowest BCUT2D eigenvalue weighted by Crippen LogP contribution is -2.15. The minimum absolute atomic E-state index is 0.0237. The second kappa shape index (κ2) is 8.00. The second-order valence-corrected chi connectivity index (χ2v) is 8.17. The van der Waals surface area contributed by atoms with Gasteiger partial charge in [0, 0.05) is 16.3 Å². The lowest BCUT2D eigenvalue weighted by molar-refractivity contribution is 0.102. The molecular weight excluding hydrogens is 403 g/mol. The summed E-state index contributed by atoms with van der Waals surface area (Å²) in [6.07, 6.45) is 0. The minimum Gasteiger partial charge on any atom is -0.322 e. The van der Waals surface area contributed by atoms with E-state index in [1.165, 1.54) is 48.5 Å². The first-order valence-corrected chi connectivity index (χ1v) is 10.1. The molecule has 0 atom stereocenters. The number of hydrogen-bond acceptors (Lipinski definition) is 3. The van der Waals surface area contributed by atoms with Crippen LogP contribution in [0.1, 0.15) is 15.9 Å². The van der Waals surface area contributed by atoms with Crippen LogP contribution < -0.4 is 10.0 Å². The zero-order chi connectivity index (χ0) is 20.3. The van der Waals surface area contributed by atoms with Gasteiger partial charge in [0.25, 0.3) is 15.9 Å². The normalized spacial score (nSPS) is 11.1. The zero-order valence-electron chi connectivity index (χ0n) is 14.7. The Balaban J connectivity index is 1.76. The van der Waals surface area contributed by atoms with Crippen LogP contribution in [0.5, 0.6) is 0 Å². The van der Waals surface area contributed by atoms with E-state index in [1.807, 2.05) is 0 Å². The van der Waals surface area contributed by atoms with Gasteiger partial charge < -0.3 is 5.32 Å². The van der Waals surface area contributed by atoms with Gasteiger partial charge in [0.05, 0.1) is 10.6 Å². The fraction of sp³-hybridized carbons (Fsp3) is 0.0500. The largest absolute Gasteiger partial charge is 0.322 e. The number of anilines is 2. The monoisotopic (exact) mass is 418 g/mol. The molecule has 28 heavy (non-hydrogen) atoms. The maximum Gasteiger partial charge on any atom is 0.261 e. The van der Waals surface area contributed by atoms with Gasteiger partial charge in [0.2, 0.25) is 0 Å². The lowest BCUT2D eigenvalue weighted by Gasteiger charge is -2.12. The Morgan fingerprint density at radius 3 is 2.39 bits per heavy atom. The molecule has 0 aliphatic rings. The van der Waals surface area contributed by atoms with Gasteiger partial charge in [-0.25, -0.2) is 12.8 Å². The van der Waals surface area contributed by atoms with Crippen LogP contribution in [0.2, 0.25) is 5.02 Å². The van der Waals surface area contributed by atoms with E-state index < -0.39 is 21.7 Å². The van der Waals surface area contributed by atoms with Crippen molar-refractivity contribution < 1.29 is 17.6 Å². The van der Waals surface area contributed by atoms with E-state index in [2.05, 4.69) is 10.0 Å². The molecule has 0 fully saturated rings. The number of amides is 1. The molecule has 2 N–H and O–H groups in total. The molecule has 3 rings (SSSR count). The van der Waals surface area contributed by atoms with E-state index in [0.717, 1.165) is 11.6 Å². The summed E-state index contributed by atoms with van der Waals surface area (Å²) in [5.41, 5.74) is 1.66. The second-order valence-electron chi connectivity index (χ2n) is 6.05. The van der Waals surface area contributed by atoms with E-state index >= 15 is 0 Å². The fourth-order valence-corrected chi connectivity index (χ4v) is 3.75. The minimum atomic E-state index is -3.83. The third-order valence-corrected chi connectivity index (χ3v) is 5.57. The van der Waals surface area contributed by atoms with E-state index in [4.69, 9.17) is 11.6 Å². The van der Waals surface area contributed by atoms with Crippen LogP contribution in [-0.2, 0) is 10.0 Å². The highest BCUT2D eigenvalue weighted by Gasteiger charge is 2.16. The first-order valence-electron chi connectivity index (χ1n) is 8.20. The molecule has 0 aliphatic carbocycles. The van der Waals surface area contributed by atoms with Crippen LogP contribution in [0.25, 0.3) is 0 Å². The number of aryl methyl sites for hydroxylation is 1. The van der Waals surface area contributed by atoms with Crippen molar-refractivity contribution in [2.24, 2.45) is 0 Å². The lowest BCUT2D eigenvalue weighted by atomic mass is 10.2. The van der Waals surface area contributed by atoms with Gasteiger partial charge in [-0.15, -0.1) is 0 Å². The van der Waals surface area contributed by atoms with Crippen LogP contribution in [0, 0.1) is 12.7 Å². The summed E-state index contributed by atoms with van der Waals surface area (Å²) >= 11 is 5.92. The van der Waals surface area contributed by atoms with Gasteiger partial charge in [0.15, 0.2) is 0 Å². The summed E-state index contributed by atoms with van der Waals surface area (Å²) < 4.78 is 40.9. The number of sulfonamides is 1. The number of halogens is 2. The van der Waals surface area contributed by atoms with Crippen LogP contribution >= 0.6 is 11.6 Å². The Morgan fingerprint density at radius 2 is 1.71 bits per heavy atom. The molecule has 0 spiro atoms. The highest BCUT2D eigenvalue weighted by molar-refractivity contribution is 7.92. The van der Waals surface area contributed by atoms with Gasteiger partial charge in [-0.1, -0.05) is 23.7 Å². The SMILES string of the molecule is Cc1ccc(Cl)cc1NS(=O)(=O)c1ccc(NC(=O)c2cccc(F)c2)cc1. The van der Waals surface area contributed by atoms with Crippen molar-refractivity contribution in [2.45, 2.75) is 11.8 Å². The summed E-state index contributed by atoms with van der Waals surface area (Å²) in [7, 11) is -3.83. The summed E-state index contributed by atoms with van der Waals surface area (Å²) in [4.78, 5) is 12.2. The molecule has 0 radical (unpaired) electrons. The fourth-order valence-electron chi connectivity index (χ4n) is 2.46. The number of nitrogens with one attached hydrogen (secondary N) is 2. The van der Waals surface area contributed by atoms with Gasteiger partial charge >= 0.3 is 0 Å². The van der Waals surface area contributed by atoms with E-state index in [-0.39, 0.29) is 10.5 Å². The topological polar surface area (TPSA) is 75.3 Å². The number of benzene rings is 3. The van der Waals surface area contributed by atoms with Crippen LogP contribution in [0.3, 0.4) is 0 Å². The summed E-state index contributed by atoms with van der Waals surface area (Å²) in [5.74, 6) is -1.01. The predicted molar refractivity (Wildman–Crippen MR) is 108 cm³/mol. The summed E-state index contributed by atoms with van der Waals surface area (Å²) in [6.45, 7) is 1.76. The molecule has 3 aromatic rings. The Kier molecular flexibility index (Phi) is 5.67. The third-order valence-electron chi connectivity index (χ3n) is 3.95. The third kappa shape index (κ3) is 4.68. The highest BCUT2D eigenvalue weighted by Crippen LogP contribution is 2.24. The molecule has 1 amide bonds. The van der Waals surface area contributed by atoms with Crippen molar-refractivity contribution in [2.75, 3.05) is 10.0 Å². The van der Waals surface area contributed by atoms with Crippen LogP contribution in [-0.4, -0.2) is 14.3 Å². The first-order chi connectivity index (χ1) is 13.2. The number of hydrogen-bond donors (Lipinski definition) is 2. The molecule has 0 unspecified atom stereocenters. The van der Waals surface area contributed by atoms with Crippen molar-refractivity contribution in [3.63, 3.8) is 0 Å². The Bertz CT molecular complexity index is 1130. The van der Waals surface area contributed by atoms with Crippen molar-refractivity contribution in [1.82, 2.24) is 0 Å². The zero-order valence-corrected chi connectivity index (χ0v) is 16.3. The Morgan fingerprint density at radius 1 is 1.00 bits per heavy atom. The molecule has 0 heterocycles. The van der Waals surface area contributed by atoms with Crippen LogP contribution in [0.15, 0.2) is 71.6 Å². The molecule has 8 heteroatoms. The molecule has 0 bridgehead atoms. The molecule has 3 aromatic carbocycles. The summed E-state index contributed by atoms with van der Waals surface area (Å²) in [6, 6.07) is 15.8. The number of carbonyl (C=O) groups is 1. The maximum absolute atomic E-state index is 13.2. The molecular formula is C20H16ClFN2O3S. The quantitative estimate of drug-likeness (QED) is 0.622. The highest BCUT2D eigenvalue weighted by atomic mass is 35.5. The molecule has 144 valence electrons. The van der Waals surface area contributed by atoms with Crippen molar-refractivity contribution in [1.29, 1.82) is 0 Å². The van der Waals surface area contributed by atoms with E-state index in [0.29, 0.717) is 16.4 Å². The average molecular weight is 419 g/mol.